The van der Waals surface area contributed by atoms with Gasteiger partial charge in [0.2, 0.25) is 0 Å². The van der Waals surface area contributed by atoms with Crippen LogP contribution in [0.1, 0.15) is 62.5 Å². The molecule has 2 amide bonds. The van der Waals surface area contributed by atoms with Crippen LogP contribution in [0.4, 0.5) is 11.4 Å². The van der Waals surface area contributed by atoms with E-state index in [9.17, 15) is 9.59 Å². The highest BCUT2D eigenvalue weighted by Gasteiger charge is 2.24. The number of rotatable bonds is 7. The summed E-state index contributed by atoms with van der Waals surface area (Å²) in [6.07, 6.45) is 0.860. The van der Waals surface area contributed by atoms with Gasteiger partial charge >= 0.3 is 0 Å². The minimum Gasteiger partial charge on any atom is -0.356 e. The van der Waals surface area contributed by atoms with Crippen molar-refractivity contribution in [3.8, 4) is 0 Å². The fraction of sp³-hybridized carbons (Fsp3) is 0.143. The number of hydrogen-bond acceptors (Lipinski definition) is 2. The lowest BCUT2D eigenvalue weighted by atomic mass is 9.92. The third-order valence-electron chi connectivity index (χ3n) is 7.94. The Morgan fingerprint density at radius 3 is 1.41 bits per heavy atom. The first-order valence-corrected chi connectivity index (χ1v) is 13.9. The number of carbonyl (C=O) groups is 2. The minimum absolute atomic E-state index is 0.0603. The zero-order chi connectivity index (χ0) is 28.5. The maximum Gasteiger partial charge on any atom is 0.255 e. The monoisotopic (exact) mass is 540 g/mol. The minimum atomic E-state index is -0.143. The molecule has 6 nitrogen and oxygen atoms in total. The largest absolute Gasteiger partial charge is 0.356 e. The Balaban J connectivity index is 1.38. The number of aryl methyl sites for hydroxylation is 2. The third kappa shape index (κ3) is 4.78. The van der Waals surface area contributed by atoms with E-state index in [-0.39, 0.29) is 17.7 Å². The maximum atomic E-state index is 12.9. The Morgan fingerprint density at radius 2 is 1.02 bits per heavy atom. The molecule has 0 radical (unpaired) electrons. The van der Waals surface area contributed by atoms with Crippen molar-refractivity contribution in [2.75, 3.05) is 10.6 Å². The lowest BCUT2D eigenvalue weighted by Gasteiger charge is -2.15. The van der Waals surface area contributed by atoms with Gasteiger partial charge in [-0.05, 0) is 67.8 Å². The van der Waals surface area contributed by atoms with Gasteiger partial charge in [-0.3, -0.25) is 9.59 Å². The predicted octanol–water partition coefficient (Wildman–Crippen LogP) is 8.31. The van der Waals surface area contributed by atoms with Crippen LogP contribution in [0.15, 0.2) is 97.1 Å². The van der Waals surface area contributed by atoms with Crippen LogP contribution in [-0.4, -0.2) is 21.8 Å². The zero-order valence-corrected chi connectivity index (χ0v) is 23.3. The summed E-state index contributed by atoms with van der Waals surface area (Å²) in [6.45, 7) is 6.43. The number of benzene rings is 4. The van der Waals surface area contributed by atoms with E-state index in [1.54, 1.807) is 0 Å². The van der Waals surface area contributed by atoms with Gasteiger partial charge in [0, 0.05) is 39.2 Å². The second kappa shape index (κ2) is 10.8. The first-order valence-electron chi connectivity index (χ1n) is 13.9. The number of anilines is 2. The number of aromatic nitrogens is 2. The van der Waals surface area contributed by atoms with Crippen molar-refractivity contribution in [1.82, 2.24) is 9.97 Å². The Labute approximate surface area is 238 Å². The van der Waals surface area contributed by atoms with Crippen LogP contribution in [0.2, 0.25) is 0 Å². The van der Waals surface area contributed by atoms with E-state index in [1.807, 2.05) is 84.9 Å². The van der Waals surface area contributed by atoms with Gasteiger partial charge < -0.3 is 20.6 Å². The second-order valence-electron chi connectivity index (χ2n) is 10.4. The third-order valence-corrected chi connectivity index (χ3v) is 7.94. The summed E-state index contributed by atoms with van der Waals surface area (Å²) in [4.78, 5) is 33.2. The number of aromatic amines is 2. The molecule has 41 heavy (non-hydrogen) atoms. The van der Waals surface area contributed by atoms with Gasteiger partial charge in [0.15, 0.2) is 0 Å². The zero-order valence-electron chi connectivity index (χ0n) is 23.3. The first kappa shape index (κ1) is 26.1. The molecule has 0 spiro atoms. The van der Waals surface area contributed by atoms with E-state index in [4.69, 9.17) is 0 Å². The van der Waals surface area contributed by atoms with Crippen molar-refractivity contribution in [3.05, 3.63) is 131 Å². The van der Waals surface area contributed by atoms with Crippen molar-refractivity contribution in [3.63, 3.8) is 0 Å². The molecular weight excluding hydrogens is 508 g/mol. The van der Waals surface area contributed by atoms with E-state index in [0.717, 1.165) is 62.1 Å². The fourth-order valence-corrected chi connectivity index (χ4v) is 5.77. The van der Waals surface area contributed by atoms with Crippen LogP contribution < -0.4 is 10.6 Å². The highest BCUT2D eigenvalue weighted by atomic mass is 16.2. The quantitative estimate of drug-likeness (QED) is 0.164. The number of fused-ring (bicyclic) bond motifs is 2. The highest BCUT2D eigenvalue weighted by molar-refractivity contribution is 6.10. The molecular formula is C35H32N4O2. The van der Waals surface area contributed by atoms with E-state index in [2.05, 4.69) is 53.5 Å². The van der Waals surface area contributed by atoms with Gasteiger partial charge in [-0.25, -0.2) is 0 Å². The fourth-order valence-electron chi connectivity index (χ4n) is 5.77. The molecule has 0 aliphatic carbocycles. The van der Waals surface area contributed by atoms with E-state index < -0.39 is 0 Å². The van der Waals surface area contributed by atoms with Gasteiger partial charge in [0.05, 0.1) is 22.4 Å². The molecule has 0 saturated carbocycles. The smallest absolute Gasteiger partial charge is 0.255 e. The molecule has 6 rings (SSSR count). The SMILES string of the molecule is CCC(c1[nH]c2c(NC(=O)c3ccccc3)cccc2c1C)c1[nH]c2c(NC(=O)c3ccccc3)cccc2c1C. The average molecular weight is 541 g/mol. The molecule has 0 bridgehead atoms. The molecule has 0 saturated heterocycles. The molecule has 2 aromatic heterocycles. The molecule has 0 fully saturated rings. The summed E-state index contributed by atoms with van der Waals surface area (Å²) < 4.78 is 0. The normalized spacial score (nSPS) is 11.3. The average Bonchev–Trinajstić information content (AvgIpc) is 3.52. The molecule has 0 unspecified atom stereocenters. The van der Waals surface area contributed by atoms with Crippen molar-refractivity contribution in [2.24, 2.45) is 0 Å². The lowest BCUT2D eigenvalue weighted by Crippen LogP contribution is -2.12. The highest BCUT2D eigenvalue weighted by Crippen LogP contribution is 2.39. The summed E-state index contributed by atoms with van der Waals surface area (Å²) in [5.74, 6) is -0.226. The molecule has 204 valence electrons. The summed E-state index contributed by atoms with van der Waals surface area (Å²) in [5.41, 5.74) is 9.06. The Hall–Kier alpha value is -5.10. The second-order valence-corrected chi connectivity index (χ2v) is 10.4. The van der Waals surface area contributed by atoms with Crippen molar-refractivity contribution in [1.29, 1.82) is 0 Å². The summed E-state index contributed by atoms with van der Waals surface area (Å²) in [6, 6.07) is 30.5. The lowest BCUT2D eigenvalue weighted by molar-refractivity contribution is 0.101. The van der Waals surface area contributed by atoms with Crippen molar-refractivity contribution >= 4 is 45.0 Å². The van der Waals surface area contributed by atoms with Crippen molar-refractivity contribution in [2.45, 2.75) is 33.1 Å². The van der Waals surface area contributed by atoms with Crippen LogP contribution in [0.5, 0.6) is 0 Å². The van der Waals surface area contributed by atoms with Gasteiger partial charge in [-0.1, -0.05) is 67.6 Å². The Bertz CT molecular complexity index is 1750. The Morgan fingerprint density at radius 1 is 0.610 bits per heavy atom. The molecule has 0 aliphatic rings. The summed E-state index contributed by atoms with van der Waals surface area (Å²) in [5, 5.41) is 8.34. The molecule has 0 aliphatic heterocycles. The maximum absolute atomic E-state index is 12.9. The molecule has 6 aromatic rings. The first-order chi connectivity index (χ1) is 20.0. The van der Waals surface area contributed by atoms with Gasteiger partial charge in [0.25, 0.3) is 11.8 Å². The van der Waals surface area contributed by atoms with Crippen LogP contribution in [0.3, 0.4) is 0 Å². The molecule has 0 atom stereocenters. The number of amides is 2. The van der Waals surface area contributed by atoms with Gasteiger partial charge in [-0.2, -0.15) is 0 Å². The van der Waals surface area contributed by atoms with E-state index in [0.29, 0.717) is 11.1 Å². The van der Waals surface area contributed by atoms with Gasteiger partial charge in [-0.15, -0.1) is 0 Å². The predicted molar refractivity (Wildman–Crippen MR) is 167 cm³/mol. The van der Waals surface area contributed by atoms with Crippen LogP contribution in [0, 0.1) is 13.8 Å². The molecule has 6 heteroatoms. The summed E-state index contributed by atoms with van der Waals surface area (Å²) in [7, 11) is 0. The number of carbonyl (C=O) groups excluding carboxylic acids is 2. The standard InChI is InChI=1S/C35H32N4O2/c1-4-25(30-21(2)26-17-11-19-28(32(26)38-30)36-34(40)23-13-7-5-8-14-23)31-22(3)27-18-12-20-29(33(27)39-31)37-35(41)24-15-9-6-10-16-24/h5-20,25,38-39H,4H2,1-3H3,(H,36,40)(H,37,41). The van der Waals surface area contributed by atoms with E-state index in [1.165, 1.54) is 0 Å². The van der Waals surface area contributed by atoms with E-state index >= 15 is 0 Å². The van der Waals surface area contributed by atoms with Gasteiger partial charge in [0.1, 0.15) is 0 Å². The molecule has 4 N–H and O–H groups in total. The van der Waals surface area contributed by atoms with Crippen LogP contribution >= 0.6 is 0 Å². The number of H-pyrrole nitrogens is 2. The molecule has 4 aromatic carbocycles. The van der Waals surface area contributed by atoms with Crippen LogP contribution in [-0.2, 0) is 0 Å². The van der Waals surface area contributed by atoms with Crippen molar-refractivity contribution < 1.29 is 9.59 Å². The summed E-state index contributed by atoms with van der Waals surface area (Å²) >= 11 is 0. The van der Waals surface area contributed by atoms with Crippen LogP contribution in [0.25, 0.3) is 21.8 Å². The number of para-hydroxylation sites is 2. The topological polar surface area (TPSA) is 89.8 Å². The molecule has 2 heterocycles. The Kier molecular flexibility index (Phi) is 6.89. The number of hydrogen-bond donors (Lipinski definition) is 4. The number of nitrogens with one attached hydrogen (secondary N) is 4.